The molecule has 46 valence electrons. The molecule has 0 rings (SSSR count). The van der Waals surface area contributed by atoms with Gasteiger partial charge < -0.3 is 23.5 Å². The van der Waals surface area contributed by atoms with Crippen molar-refractivity contribution in [2.75, 3.05) is 0 Å². The average molecular weight is 339 g/mol. The zero-order valence-corrected chi connectivity index (χ0v) is 5.70. The van der Waals surface area contributed by atoms with Crippen LogP contribution in [0.5, 0.6) is 0 Å². The molecule has 0 aliphatic heterocycles. The van der Waals surface area contributed by atoms with Crippen molar-refractivity contribution in [3.8, 4) is 0 Å². The van der Waals surface area contributed by atoms with E-state index in [1.54, 1.807) is 0 Å². The third kappa shape index (κ3) is 151. The van der Waals surface area contributed by atoms with E-state index < -0.39 is 0 Å². The van der Waals surface area contributed by atoms with Gasteiger partial charge in [0.25, 0.3) is 0 Å². The Balaban J connectivity index is 0. The van der Waals surface area contributed by atoms with Crippen molar-refractivity contribution >= 4 is 0 Å². The molecule has 0 bridgehead atoms. The molecule has 0 amide bonds. The number of halogens is 5. The fourth-order valence-electron chi connectivity index (χ4n) is 0. The first-order chi connectivity index (χ1) is 0. The summed E-state index contributed by atoms with van der Waals surface area (Å²) in [4.78, 5) is 0. The quantitative estimate of drug-likeness (QED) is 0.385. The Labute approximate surface area is 53.1 Å². The molecule has 0 saturated carbocycles. The minimum absolute atomic E-state index is 0. The van der Waals surface area contributed by atoms with Crippen LogP contribution in [0.4, 0.5) is 0 Å². The first-order valence-corrected chi connectivity index (χ1v) is 0. The summed E-state index contributed by atoms with van der Waals surface area (Å²) < 4.78 is 0. The van der Waals surface area contributed by atoms with Gasteiger partial charge in [-0.1, -0.05) is 0 Å². The van der Waals surface area contributed by atoms with Crippen molar-refractivity contribution in [2.24, 2.45) is 0 Å². The summed E-state index contributed by atoms with van der Waals surface area (Å²) in [5.41, 5.74) is 0. The molecule has 0 fully saturated rings. The SMILES string of the molecule is [F-].[F-].[F-].[F-].[F-].[Pu]. The predicted molar refractivity (Wildman–Crippen MR) is 0 cm³/mol. The molecule has 0 nitrogen and oxygen atoms in total. The maximum Gasteiger partial charge on any atom is 0 e. The van der Waals surface area contributed by atoms with Crippen LogP contribution in [0.1, 0.15) is 0 Å². The van der Waals surface area contributed by atoms with Crippen LogP contribution < -0.4 is 23.5 Å². The minimum atomic E-state index is 0. The van der Waals surface area contributed by atoms with Crippen LogP contribution >= 0.6 is 0 Å². The molecule has 0 heterocycles. The van der Waals surface area contributed by atoms with E-state index in [9.17, 15) is 0 Å². The standard InChI is InChI=1S/5FH.Pu/h5*1H;/p-5. The fourth-order valence-corrected chi connectivity index (χ4v) is 0. The number of hydrogen-bond acceptors (Lipinski definition) is 0. The van der Waals surface area contributed by atoms with Gasteiger partial charge in [0.05, 0.1) is 0 Å². The van der Waals surface area contributed by atoms with Gasteiger partial charge in [-0.2, -0.15) is 0 Å². The Bertz CT molecular complexity index is 3.90. The summed E-state index contributed by atoms with van der Waals surface area (Å²) in [5, 5.41) is 0. The Kier molecular flexibility index (Phi) is 25900. The van der Waals surface area contributed by atoms with Crippen molar-refractivity contribution < 1.29 is 52.7 Å². The second-order valence-electron chi connectivity index (χ2n) is 0. The first-order valence-electron chi connectivity index (χ1n) is 0. The zero-order chi connectivity index (χ0) is 0. The van der Waals surface area contributed by atoms with Gasteiger partial charge in [0, 0.05) is 29.2 Å². The molecule has 0 spiro atoms. The van der Waals surface area contributed by atoms with E-state index in [0.29, 0.717) is 0 Å². The van der Waals surface area contributed by atoms with Crippen LogP contribution in [0.2, 0.25) is 0 Å². The van der Waals surface area contributed by atoms with Crippen LogP contribution in [-0.4, -0.2) is 0 Å². The van der Waals surface area contributed by atoms with Crippen LogP contribution in [0.3, 0.4) is 0 Å². The molecule has 0 saturated heterocycles. The Hall–Kier alpha value is 0.637. The van der Waals surface area contributed by atoms with Gasteiger partial charge in [-0.25, -0.2) is 0 Å². The van der Waals surface area contributed by atoms with Crippen molar-refractivity contribution in [1.82, 2.24) is 0 Å². The van der Waals surface area contributed by atoms with Gasteiger partial charge in [-0.3, -0.25) is 0 Å². The Morgan fingerprint density at radius 2 is 0.333 bits per heavy atom. The number of hydrogen-bond donors (Lipinski definition) is 0. The topological polar surface area (TPSA) is 0 Å². The summed E-state index contributed by atoms with van der Waals surface area (Å²) in [7, 11) is 0. The first kappa shape index (κ1) is 520. The van der Waals surface area contributed by atoms with Crippen molar-refractivity contribution in [1.29, 1.82) is 0 Å². The van der Waals surface area contributed by atoms with Gasteiger partial charge in [0.2, 0.25) is 0 Å². The van der Waals surface area contributed by atoms with Gasteiger partial charge in [-0.15, -0.1) is 0 Å². The van der Waals surface area contributed by atoms with Gasteiger partial charge >= 0.3 is 0 Å². The molecule has 0 atom stereocenters. The summed E-state index contributed by atoms with van der Waals surface area (Å²) in [6.45, 7) is 0. The molecule has 0 unspecified atom stereocenters. The van der Waals surface area contributed by atoms with E-state index in [1.807, 2.05) is 0 Å². The molecule has 0 aromatic rings. The molecule has 0 aliphatic carbocycles. The monoisotopic (exact) mass is 333 g/mol. The van der Waals surface area contributed by atoms with Crippen LogP contribution in [-0.2, 0) is 0 Å². The summed E-state index contributed by atoms with van der Waals surface area (Å²) in [6, 6.07) is 0. The van der Waals surface area contributed by atoms with Gasteiger partial charge in [0.15, 0.2) is 0 Å². The number of rotatable bonds is 0. The van der Waals surface area contributed by atoms with Crippen molar-refractivity contribution in [3.63, 3.8) is 0 Å². The normalized spacial score (nSPS) is 0. The molecule has 0 aromatic heterocycles. The molecule has 0 N–H and O–H groups in total. The maximum absolute atomic E-state index is 0. The van der Waals surface area contributed by atoms with Crippen LogP contribution in [0, 0.1) is 29.2 Å². The van der Waals surface area contributed by atoms with Crippen molar-refractivity contribution in [3.05, 3.63) is 0 Å². The predicted octanol–water partition coefficient (Wildman–Crippen LogP) is -15.0. The third-order valence-corrected chi connectivity index (χ3v) is 0. The summed E-state index contributed by atoms with van der Waals surface area (Å²) in [6.07, 6.45) is 0. The minimum Gasteiger partial charge on any atom is -1.00 e. The molecular weight excluding hydrogens is 339 g/mol. The second-order valence-corrected chi connectivity index (χ2v) is 0. The third-order valence-electron chi connectivity index (χ3n) is 0. The molecule has 6 heteroatoms. The summed E-state index contributed by atoms with van der Waals surface area (Å²) in [5.74, 6) is 0. The van der Waals surface area contributed by atoms with Gasteiger partial charge in [0.1, 0.15) is 0 Å². The van der Waals surface area contributed by atoms with Crippen LogP contribution in [0.15, 0.2) is 0 Å². The molecular formula is F5Pu-5. The zero-order valence-electron chi connectivity index (χ0n) is 2.30. The van der Waals surface area contributed by atoms with E-state index in [2.05, 4.69) is 0 Å². The van der Waals surface area contributed by atoms with Crippen molar-refractivity contribution in [2.45, 2.75) is 0 Å². The summed E-state index contributed by atoms with van der Waals surface area (Å²) >= 11 is 0. The second kappa shape index (κ2) is 299. The van der Waals surface area contributed by atoms with E-state index in [1.165, 1.54) is 0 Å². The van der Waals surface area contributed by atoms with E-state index in [0.717, 1.165) is 0 Å². The molecule has 6 heavy (non-hydrogen) atoms. The Morgan fingerprint density at radius 1 is 0.333 bits per heavy atom. The molecule has 0 radical (unpaired) electrons. The van der Waals surface area contributed by atoms with E-state index >= 15 is 0 Å². The van der Waals surface area contributed by atoms with E-state index in [4.69, 9.17) is 0 Å². The Morgan fingerprint density at radius 3 is 0.333 bits per heavy atom. The average Bonchev–Trinajstić information content (AvgIpc) is 0. The molecule has 0 aromatic carbocycles. The fraction of sp³-hybridized carbons (Fsp3) is 0. The van der Waals surface area contributed by atoms with Crippen LogP contribution in [0.25, 0.3) is 0 Å². The van der Waals surface area contributed by atoms with E-state index in [-0.39, 0.29) is 52.7 Å². The smallest absolute Gasteiger partial charge is 0 e. The van der Waals surface area contributed by atoms with Gasteiger partial charge in [-0.05, 0) is 0 Å². The maximum atomic E-state index is 0. The molecule has 0 aliphatic rings. The largest absolute Gasteiger partial charge is 1.00 e.